The molecule has 0 amide bonds. The Morgan fingerprint density at radius 2 is 2.00 bits per heavy atom. The number of benzene rings is 1. The lowest BCUT2D eigenvalue weighted by Gasteiger charge is -2.15. The highest BCUT2D eigenvalue weighted by atomic mass is 32.1. The molecule has 0 N–H and O–H groups in total. The summed E-state index contributed by atoms with van der Waals surface area (Å²) >= 11 is 1.69. The SMILES string of the molecule is COc1cnc(OC2CCN(Cc3csc(-c4ccccc4)n3)C2)nc1. The molecule has 0 bridgehead atoms. The molecule has 26 heavy (non-hydrogen) atoms. The van der Waals surface area contributed by atoms with E-state index in [0.717, 1.165) is 36.8 Å². The van der Waals surface area contributed by atoms with Gasteiger partial charge in [0.25, 0.3) is 0 Å². The summed E-state index contributed by atoms with van der Waals surface area (Å²) in [7, 11) is 1.59. The Bertz CT molecular complexity index is 838. The van der Waals surface area contributed by atoms with Crippen molar-refractivity contribution in [3.05, 3.63) is 53.8 Å². The highest BCUT2D eigenvalue weighted by Crippen LogP contribution is 2.25. The smallest absolute Gasteiger partial charge is 0.316 e. The van der Waals surface area contributed by atoms with E-state index in [4.69, 9.17) is 14.5 Å². The molecule has 6 nitrogen and oxygen atoms in total. The third-order valence-corrected chi connectivity index (χ3v) is 5.24. The molecule has 3 heterocycles. The Labute approximate surface area is 156 Å². The van der Waals surface area contributed by atoms with Gasteiger partial charge in [0.05, 0.1) is 25.2 Å². The topological polar surface area (TPSA) is 60.4 Å². The van der Waals surface area contributed by atoms with Crippen molar-refractivity contribution < 1.29 is 9.47 Å². The van der Waals surface area contributed by atoms with E-state index in [0.29, 0.717) is 11.8 Å². The number of thiazole rings is 1. The maximum atomic E-state index is 5.88. The molecule has 7 heteroatoms. The summed E-state index contributed by atoms with van der Waals surface area (Å²) in [5, 5.41) is 3.21. The van der Waals surface area contributed by atoms with Crippen molar-refractivity contribution in [3.63, 3.8) is 0 Å². The van der Waals surface area contributed by atoms with E-state index in [9.17, 15) is 0 Å². The molecule has 1 unspecified atom stereocenters. The summed E-state index contributed by atoms with van der Waals surface area (Å²) < 4.78 is 10.9. The van der Waals surface area contributed by atoms with Crippen LogP contribution in [0.4, 0.5) is 0 Å². The Morgan fingerprint density at radius 1 is 1.19 bits per heavy atom. The minimum atomic E-state index is 0.107. The molecule has 1 saturated heterocycles. The highest BCUT2D eigenvalue weighted by Gasteiger charge is 2.25. The second-order valence-electron chi connectivity index (χ2n) is 6.18. The molecule has 4 rings (SSSR count). The zero-order valence-corrected chi connectivity index (χ0v) is 15.4. The van der Waals surface area contributed by atoms with Gasteiger partial charge in [-0.2, -0.15) is 9.97 Å². The van der Waals surface area contributed by atoms with Crippen LogP contribution < -0.4 is 9.47 Å². The summed E-state index contributed by atoms with van der Waals surface area (Å²) in [6.07, 6.45) is 4.31. The van der Waals surface area contributed by atoms with E-state index in [2.05, 4.69) is 32.4 Å². The zero-order chi connectivity index (χ0) is 17.8. The minimum Gasteiger partial charge on any atom is -0.494 e. The average Bonchev–Trinajstić information content (AvgIpc) is 3.33. The zero-order valence-electron chi connectivity index (χ0n) is 14.5. The number of nitrogens with zero attached hydrogens (tertiary/aromatic N) is 4. The summed E-state index contributed by atoms with van der Waals surface area (Å²) in [5.74, 6) is 0.628. The molecule has 0 radical (unpaired) electrons. The van der Waals surface area contributed by atoms with Gasteiger partial charge in [-0.25, -0.2) is 4.98 Å². The van der Waals surface area contributed by atoms with E-state index in [1.165, 1.54) is 5.56 Å². The van der Waals surface area contributed by atoms with Crippen LogP contribution in [0.3, 0.4) is 0 Å². The fourth-order valence-corrected chi connectivity index (χ4v) is 3.80. The first-order valence-corrected chi connectivity index (χ1v) is 9.43. The van der Waals surface area contributed by atoms with Crippen LogP contribution in [-0.2, 0) is 6.54 Å². The second-order valence-corrected chi connectivity index (χ2v) is 7.04. The van der Waals surface area contributed by atoms with E-state index >= 15 is 0 Å². The molecule has 1 atom stereocenters. The van der Waals surface area contributed by atoms with Crippen LogP contribution in [0.5, 0.6) is 11.8 Å². The van der Waals surface area contributed by atoms with Gasteiger partial charge < -0.3 is 9.47 Å². The predicted octanol–water partition coefficient (Wildman–Crippen LogP) is 3.26. The normalized spacial score (nSPS) is 17.3. The molecule has 1 fully saturated rings. The fourth-order valence-electron chi connectivity index (χ4n) is 2.98. The van der Waals surface area contributed by atoms with Gasteiger partial charge in [-0.3, -0.25) is 4.90 Å². The first-order valence-electron chi connectivity index (χ1n) is 8.55. The summed E-state index contributed by atoms with van der Waals surface area (Å²) in [6, 6.07) is 10.7. The maximum absolute atomic E-state index is 5.88. The van der Waals surface area contributed by atoms with E-state index in [-0.39, 0.29) is 6.10 Å². The number of methoxy groups -OCH3 is 1. The number of rotatable bonds is 6. The lowest BCUT2D eigenvalue weighted by molar-refractivity contribution is 0.182. The average molecular weight is 368 g/mol. The van der Waals surface area contributed by atoms with Gasteiger partial charge in [0.2, 0.25) is 0 Å². The lowest BCUT2D eigenvalue weighted by atomic mass is 10.2. The maximum Gasteiger partial charge on any atom is 0.316 e. The first-order chi connectivity index (χ1) is 12.8. The van der Waals surface area contributed by atoms with Crippen LogP contribution in [0.15, 0.2) is 48.1 Å². The Hall–Kier alpha value is -2.51. The number of aromatic nitrogens is 3. The second kappa shape index (κ2) is 7.80. The minimum absolute atomic E-state index is 0.107. The van der Waals surface area contributed by atoms with Gasteiger partial charge in [0, 0.05) is 30.6 Å². The van der Waals surface area contributed by atoms with E-state index < -0.39 is 0 Å². The monoisotopic (exact) mass is 368 g/mol. The van der Waals surface area contributed by atoms with Crippen molar-refractivity contribution in [1.29, 1.82) is 0 Å². The fraction of sp³-hybridized carbons (Fsp3) is 0.316. The van der Waals surface area contributed by atoms with Crippen LogP contribution in [0, 0.1) is 0 Å². The summed E-state index contributed by atoms with van der Waals surface area (Å²) in [4.78, 5) is 15.5. The Kier molecular flexibility index (Phi) is 5.08. The van der Waals surface area contributed by atoms with Crippen LogP contribution >= 0.6 is 11.3 Å². The number of ether oxygens (including phenoxy) is 2. The van der Waals surface area contributed by atoms with Gasteiger partial charge in [0.1, 0.15) is 11.1 Å². The highest BCUT2D eigenvalue weighted by molar-refractivity contribution is 7.13. The number of hydrogen-bond acceptors (Lipinski definition) is 7. The van der Waals surface area contributed by atoms with Crippen molar-refractivity contribution in [3.8, 4) is 22.3 Å². The van der Waals surface area contributed by atoms with Crippen molar-refractivity contribution in [2.75, 3.05) is 20.2 Å². The first kappa shape index (κ1) is 16.9. The van der Waals surface area contributed by atoms with Crippen LogP contribution in [0.1, 0.15) is 12.1 Å². The third-order valence-electron chi connectivity index (χ3n) is 4.30. The third kappa shape index (κ3) is 4.00. The van der Waals surface area contributed by atoms with Gasteiger partial charge >= 0.3 is 6.01 Å². The van der Waals surface area contributed by atoms with Crippen molar-refractivity contribution in [2.45, 2.75) is 19.1 Å². The molecule has 0 saturated carbocycles. The number of hydrogen-bond donors (Lipinski definition) is 0. The van der Waals surface area contributed by atoms with E-state index in [1.54, 1.807) is 30.8 Å². The molecule has 1 aromatic carbocycles. The summed E-state index contributed by atoms with van der Waals surface area (Å²) in [5.41, 5.74) is 2.28. The van der Waals surface area contributed by atoms with Gasteiger partial charge in [-0.1, -0.05) is 30.3 Å². The number of likely N-dealkylation sites (tertiary alicyclic amines) is 1. The van der Waals surface area contributed by atoms with Crippen molar-refractivity contribution in [1.82, 2.24) is 19.9 Å². The molecule has 0 spiro atoms. The molecular formula is C19H20N4O2S. The molecule has 2 aromatic heterocycles. The molecular weight excluding hydrogens is 348 g/mol. The standard InChI is InChI=1S/C19H20N4O2S/c1-24-17-9-20-19(21-10-17)25-16-7-8-23(12-16)11-15-13-26-18(22-15)14-5-3-2-4-6-14/h2-6,9-10,13,16H,7-8,11-12H2,1H3. The molecule has 0 aliphatic carbocycles. The molecule has 134 valence electrons. The van der Waals surface area contributed by atoms with Gasteiger partial charge in [0.15, 0.2) is 5.75 Å². The van der Waals surface area contributed by atoms with E-state index in [1.807, 2.05) is 18.2 Å². The quantitative estimate of drug-likeness (QED) is 0.666. The lowest BCUT2D eigenvalue weighted by Crippen LogP contribution is -2.25. The van der Waals surface area contributed by atoms with Crippen LogP contribution in [0.2, 0.25) is 0 Å². The van der Waals surface area contributed by atoms with Crippen LogP contribution in [-0.4, -0.2) is 46.2 Å². The molecule has 1 aliphatic rings. The molecule has 3 aromatic rings. The van der Waals surface area contributed by atoms with Crippen molar-refractivity contribution in [2.24, 2.45) is 0 Å². The Balaban J connectivity index is 1.32. The predicted molar refractivity (Wildman–Crippen MR) is 100 cm³/mol. The van der Waals surface area contributed by atoms with Gasteiger partial charge in [-0.15, -0.1) is 11.3 Å². The van der Waals surface area contributed by atoms with Crippen LogP contribution in [0.25, 0.3) is 10.6 Å². The summed E-state index contributed by atoms with van der Waals surface area (Å²) in [6.45, 7) is 2.68. The molecule has 1 aliphatic heterocycles. The van der Waals surface area contributed by atoms with Crippen molar-refractivity contribution >= 4 is 11.3 Å². The van der Waals surface area contributed by atoms with Gasteiger partial charge in [-0.05, 0) is 6.42 Å². The Morgan fingerprint density at radius 3 is 2.77 bits per heavy atom. The largest absolute Gasteiger partial charge is 0.494 e.